The largest absolute Gasteiger partial charge is 0.497 e. The summed E-state index contributed by atoms with van der Waals surface area (Å²) in [5.41, 5.74) is 0.646. The topological polar surface area (TPSA) is 30.5 Å². The summed E-state index contributed by atoms with van der Waals surface area (Å²) in [6, 6.07) is 6.82. The fourth-order valence-corrected chi connectivity index (χ4v) is 1.50. The Morgan fingerprint density at radius 1 is 1.33 bits per heavy atom. The van der Waals surface area contributed by atoms with Crippen LogP contribution in [0.4, 0.5) is 13.2 Å². The normalized spacial score (nSPS) is 13.4. The molecule has 6 heteroatoms. The van der Waals surface area contributed by atoms with E-state index in [2.05, 4.69) is 5.32 Å². The molecule has 0 saturated carbocycles. The van der Waals surface area contributed by atoms with Crippen LogP contribution in [0.15, 0.2) is 24.3 Å². The number of ether oxygens (including phenoxy) is 2. The van der Waals surface area contributed by atoms with Gasteiger partial charge >= 0.3 is 6.18 Å². The first kappa shape index (κ1) is 14.8. The first-order valence-electron chi connectivity index (χ1n) is 5.43. The van der Waals surface area contributed by atoms with Gasteiger partial charge in [0.1, 0.15) is 12.4 Å². The van der Waals surface area contributed by atoms with Crippen molar-refractivity contribution in [2.45, 2.75) is 12.3 Å². The summed E-state index contributed by atoms with van der Waals surface area (Å²) in [5.74, 6) is 0.587. The highest BCUT2D eigenvalue weighted by molar-refractivity contribution is 5.30. The zero-order valence-corrected chi connectivity index (χ0v) is 10.3. The van der Waals surface area contributed by atoms with Crippen molar-refractivity contribution < 1.29 is 22.6 Å². The van der Waals surface area contributed by atoms with E-state index in [0.717, 1.165) is 0 Å². The van der Waals surface area contributed by atoms with E-state index in [9.17, 15) is 13.2 Å². The Bertz CT molecular complexity index is 369. The Morgan fingerprint density at radius 2 is 2.06 bits per heavy atom. The first-order chi connectivity index (χ1) is 8.46. The molecule has 18 heavy (non-hydrogen) atoms. The molecule has 0 bridgehead atoms. The van der Waals surface area contributed by atoms with Gasteiger partial charge in [-0.2, -0.15) is 13.2 Å². The molecular formula is C12H16F3NO2. The standard InChI is InChI=1S/C12H16F3NO2/c1-16-7-11(18-8-12(13,14)15)9-4-3-5-10(6-9)17-2/h3-6,11,16H,7-8H2,1-2H3. The average Bonchev–Trinajstić information content (AvgIpc) is 2.33. The third-order valence-corrected chi connectivity index (χ3v) is 2.30. The molecule has 1 atom stereocenters. The Morgan fingerprint density at radius 3 is 2.61 bits per heavy atom. The number of hydrogen-bond donors (Lipinski definition) is 1. The quantitative estimate of drug-likeness (QED) is 0.855. The lowest BCUT2D eigenvalue weighted by Crippen LogP contribution is -2.25. The molecule has 102 valence electrons. The van der Waals surface area contributed by atoms with E-state index in [1.54, 1.807) is 31.3 Å². The number of nitrogens with one attached hydrogen (secondary N) is 1. The van der Waals surface area contributed by atoms with E-state index in [-0.39, 0.29) is 0 Å². The lowest BCUT2D eigenvalue weighted by atomic mass is 10.1. The summed E-state index contributed by atoms with van der Waals surface area (Å²) in [6.07, 6.45) is -4.99. The fraction of sp³-hybridized carbons (Fsp3) is 0.500. The number of halogens is 3. The van der Waals surface area contributed by atoms with Gasteiger partial charge in [-0.3, -0.25) is 0 Å². The predicted molar refractivity (Wildman–Crippen MR) is 61.7 cm³/mol. The molecule has 0 radical (unpaired) electrons. The van der Waals surface area contributed by atoms with Crippen molar-refractivity contribution in [3.63, 3.8) is 0 Å². The monoisotopic (exact) mass is 263 g/mol. The van der Waals surface area contributed by atoms with Gasteiger partial charge in [0.25, 0.3) is 0 Å². The molecule has 0 aliphatic rings. The second-order valence-electron chi connectivity index (χ2n) is 3.75. The molecule has 1 rings (SSSR count). The van der Waals surface area contributed by atoms with Gasteiger partial charge in [-0.1, -0.05) is 12.1 Å². The molecule has 0 fully saturated rings. The number of methoxy groups -OCH3 is 1. The molecular weight excluding hydrogens is 247 g/mol. The second kappa shape index (κ2) is 6.61. The van der Waals surface area contributed by atoms with Crippen LogP contribution in [-0.4, -0.2) is 33.5 Å². The Kier molecular flexibility index (Phi) is 5.43. The molecule has 0 aromatic heterocycles. The Labute approximate surface area is 104 Å². The minimum absolute atomic E-state index is 0.295. The fourth-order valence-electron chi connectivity index (χ4n) is 1.50. The van der Waals surface area contributed by atoms with Gasteiger partial charge in [0.05, 0.1) is 13.2 Å². The number of rotatable bonds is 6. The van der Waals surface area contributed by atoms with E-state index < -0.39 is 18.9 Å². The molecule has 1 unspecified atom stereocenters. The molecule has 0 heterocycles. The molecule has 0 amide bonds. The van der Waals surface area contributed by atoms with Crippen molar-refractivity contribution in [2.24, 2.45) is 0 Å². The molecule has 1 aromatic rings. The van der Waals surface area contributed by atoms with E-state index >= 15 is 0 Å². The van der Waals surface area contributed by atoms with Gasteiger partial charge in [0, 0.05) is 6.54 Å². The van der Waals surface area contributed by atoms with E-state index in [1.165, 1.54) is 7.11 Å². The summed E-state index contributed by atoms with van der Waals surface area (Å²) in [5, 5.41) is 2.81. The molecule has 0 aliphatic carbocycles. The predicted octanol–water partition coefficient (Wildman–Crippen LogP) is 2.53. The molecule has 0 spiro atoms. The zero-order chi connectivity index (χ0) is 13.6. The van der Waals surface area contributed by atoms with Crippen LogP contribution in [0.1, 0.15) is 11.7 Å². The summed E-state index contributed by atoms with van der Waals surface area (Å²) >= 11 is 0. The second-order valence-corrected chi connectivity index (χ2v) is 3.75. The molecule has 1 aromatic carbocycles. The van der Waals surface area contributed by atoms with Gasteiger partial charge in [-0.05, 0) is 24.7 Å². The maximum absolute atomic E-state index is 12.1. The van der Waals surface area contributed by atoms with E-state index in [4.69, 9.17) is 9.47 Å². The highest BCUT2D eigenvalue weighted by Gasteiger charge is 2.29. The average molecular weight is 263 g/mol. The van der Waals surface area contributed by atoms with Crippen LogP contribution >= 0.6 is 0 Å². The van der Waals surface area contributed by atoms with Gasteiger partial charge in [-0.15, -0.1) is 0 Å². The highest BCUT2D eigenvalue weighted by Crippen LogP contribution is 2.24. The van der Waals surface area contributed by atoms with Crippen molar-refractivity contribution in [2.75, 3.05) is 27.3 Å². The SMILES string of the molecule is CNCC(OCC(F)(F)F)c1cccc(OC)c1. The summed E-state index contributed by atoms with van der Waals surface area (Å²) < 4.78 is 46.4. The minimum atomic E-state index is -4.33. The van der Waals surface area contributed by atoms with Gasteiger partial charge in [-0.25, -0.2) is 0 Å². The first-order valence-corrected chi connectivity index (χ1v) is 5.43. The van der Waals surface area contributed by atoms with E-state index in [1.807, 2.05) is 0 Å². The van der Waals surface area contributed by atoms with Crippen LogP contribution in [0.3, 0.4) is 0 Å². The van der Waals surface area contributed by atoms with Gasteiger partial charge < -0.3 is 14.8 Å². The number of benzene rings is 1. The Hall–Kier alpha value is -1.27. The van der Waals surface area contributed by atoms with Gasteiger partial charge in [0.15, 0.2) is 0 Å². The van der Waals surface area contributed by atoms with Crippen LogP contribution in [0, 0.1) is 0 Å². The maximum atomic E-state index is 12.1. The minimum Gasteiger partial charge on any atom is -0.497 e. The number of hydrogen-bond acceptors (Lipinski definition) is 3. The third kappa shape index (κ3) is 4.93. The lowest BCUT2D eigenvalue weighted by molar-refractivity contribution is -0.185. The third-order valence-electron chi connectivity index (χ3n) is 2.30. The van der Waals surface area contributed by atoms with Crippen LogP contribution in [0.2, 0.25) is 0 Å². The summed E-state index contributed by atoms with van der Waals surface area (Å²) in [4.78, 5) is 0. The summed E-state index contributed by atoms with van der Waals surface area (Å²) in [7, 11) is 3.16. The van der Waals surface area contributed by atoms with Crippen LogP contribution < -0.4 is 10.1 Å². The Balaban J connectivity index is 2.76. The van der Waals surface area contributed by atoms with Gasteiger partial charge in [0.2, 0.25) is 0 Å². The highest BCUT2D eigenvalue weighted by atomic mass is 19.4. The van der Waals surface area contributed by atoms with E-state index in [0.29, 0.717) is 17.9 Å². The molecule has 0 saturated heterocycles. The van der Waals surface area contributed by atoms with Crippen molar-refractivity contribution >= 4 is 0 Å². The smallest absolute Gasteiger partial charge is 0.411 e. The maximum Gasteiger partial charge on any atom is 0.411 e. The lowest BCUT2D eigenvalue weighted by Gasteiger charge is -2.19. The zero-order valence-electron chi connectivity index (χ0n) is 10.3. The molecule has 3 nitrogen and oxygen atoms in total. The van der Waals surface area contributed by atoms with Crippen LogP contribution in [-0.2, 0) is 4.74 Å². The number of likely N-dealkylation sites (N-methyl/N-ethyl adjacent to an activating group) is 1. The van der Waals surface area contributed by atoms with Crippen molar-refractivity contribution in [1.82, 2.24) is 5.32 Å². The molecule has 0 aliphatic heterocycles. The van der Waals surface area contributed by atoms with Crippen molar-refractivity contribution in [1.29, 1.82) is 0 Å². The van der Waals surface area contributed by atoms with Crippen LogP contribution in [0.5, 0.6) is 5.75 Å². The molecule has 1 N–H and O–H groups in total. The van der Waals surface area contributed by atoms with Crippen molar-refractivity contribution in [3.8, 4) is 5.75 Å². The number of alkyl halides is 3. The van der Waals surface area contributed by atoms with Crippen LogP contribution in [0.25, 0.3) is 0 Å². The van der Waals surface area contributed by atoms with Crippen molar-refractivity contribution in [3.05, 3.63) is 29.8 Å². The summed E-state index contributed by atoms with van der Waals surface area (Å²) in [6.45, 7) is -0.972.